The molecular formula is C21H23FN2O. The summed E-state index contributed by atoms with van der Waals surface area (Å²) in [7, 11) is 0. The summed E-state index contributed by atoms with van der Waals surface area (Å²) < 4.78 is 13.8. The zero-order valence-corrected chi connectivity index (χ0v) is 14.3. The Bertz CT molecular complexity index is 766. The molecule has 0 radical (unpaired) electrons. The van der Waals surface area contributed by atoms with Crippen LogP contribution in [0.3, 0.4) is 0 Å². The van der Waals surface area contributed by atoms with Gasteiger partial charge in [-0.15, -0.1) is 0 Å². The molecule has 1 aliphatic heterocycles. The van der Waals surface area contributed by atoms with E-state index in [2.05, 4.69) is 17.4 Å². The maximum absolute atomic E-state index is 13.8. The number of halogens is 1. The number of hydrogen-bond acceptors (Lipinski definition) is 1. The monoisotopic (exact) mass is 338 g/mol. The Kier molecular flexibility index (Phi) is 4.43. The van der Waals surface area contributed by atoms with Gasteiger partial charge in [0, 0.05) is 17.8 Å². The minimum Gasteiger partial charge on any atom is -0.316 e. The summed E-state index contributed by atoms with van der Waals surface area (Å²) in [5.74, 6) is 0.430. The zero-order chi connectivity index (χ0) is 17.2. The van der Waals surface area contributed by atoms with Crippen LogP contribution in [0.2, 0.25) is 0 Å². The second-order valence-electron chi connectivity index (χ2n) is 7.12. The fourth-order valence-electron chi connectivity index (χ4n) is 4.00. The number of urea groups is 1. The molecule has 3 nitrogen and oxygen atoms in total. The first-order chi connectivity index (χ1) is 12.2. The molecule has 2 aromatic rings. The minimum atomic E-state index is -0.232. The Balaban J connectivity index is 1.39. The number of nitrogens with one attached hydrogen (secondary N) is 1. The molecule has 130 valence electrons. The van der Waals surface area contributed by atoms with Crippen LogP contribution in [-0.2, 0) is 13.1 Å². The third-order valence-electron chi connectivity index (χ3n) is 5.45. The molecule has 1 saturated carbocycles. The summed E-state index contributed by atoms with van der Waals surface area (Å²) in [6.07, 6.45) is 6.51. The third-order valence-corrected chi connectivity index (χ3v) is 5.45. The molecule has 1 aliphatic carbocycles. The first-order valence-electron chi connectivity index (χ1n) is 9.13. The third kappa shape index (κ3) is 3.39. The van der Waals surface area contributed by atoms with Crippen LogP contribution in [0.5, 0.6) is 0 Å². The van der Waals surface area contributed by atoms with Gasteiger partial charge in [0.2, 0.25) is 0 Å². The zero-order valence-electron chi connectivity index (χ0n) is 14.3. The summed E-state index contributed by atoms with van der Waals surface area (Å²) in [6.45, 7) is 0.785. The van der Waals surface area contributed by atoms with Crippen molar-refractivity contribution in [1.82, 2.24) is 4.90 Å². The quantitative estimate of drug-likeness (QED) is 0.779. The Morgan fingerprint density at radius 3 is 2.48 bits per heavy atom. The van der Waals surface area contributed by atoms with Crippen LogP contribution in [0, 0.1) is 5.82 Å². The molecule has 0 unspecified atom stereocenters. The highest BCUT2D eigenvalue weighted by molar-refractivity contribution is 5.89. The highest BCUT2D eigenvalue weighted by atomic mass is 19.1. The average molecular weight is 338 g/mol. The van der Waals surface area contributed by atoms with E-state index < -0.39 is 0 Å². The Morgan fingerprint density at radius 1 is 1.00 bits per heavy atom. The summed E-state index contributed by atoms with van der Waals surface area (Å²) in [5.41, 5.74) is 3.68. The molecular weight excluding hydrogens is 315 g/mol. The van der Waals surface area contributed by atoms with Crippen molar-refractivity contribution in [2.45, 2.75) is 51.1 Å². The van der Waals surface area contributed by atoms with Crippen molar-refractivity contribution in [3.05, 3.63) is 65.0 Å². The van der Waals surface area contributed by atoms with Crippen LogP contribution in [0.1, 0.15) is 54.7 Å². The maximum Gasteiger partial charge on any atom is 0.322 e. The molecule has 0 bridgehead atoms. The number of carbonyl (C=O) groups excluding carboxylic acids is 1. The van der Waals surface area contributed by atoms with E-state index in [-0.39, 0.29) is 11.8 Å². The standard InChI is InChI=1S/C21H23FN2O/c22-20-8-4-7-17-13-24(14-19(17)20)21(25)23-18-11-9-16(10-12-18)15-5-2-1-3-6-15/h4,7-12,15H,1-3,5-6,13-14H2,(H,23,25). The van der Waals surface area contributed by atoms with Gasteiger partial charge in [-0.25, -0.2) is 9.18 Å². The van der Waals surface area contributed by atoms with Gasteiger partial charge in [-0.1, -0.05) is 43.5 Å². The molecule has 0 aromatic heterocycles. The van der Waals surface area contributed by atoms with Crippen LogP contribution in [0.15, 0.2) is 42.5 Å². The lowest BCUT2D eigenvalue weighted by Gasteiger charge is -2.22. The number of amides is 2. The smallest absolute Gasteiger partial charge is 0.316 e. The van der Waals surface area contributed by atoms with Gasteiger partial charge in [0.15, 0.2) is 0 Å². The van der Waals surface area contributed by atoms with Crippen LogP contribution < -0.4 is 5.32 Å². The van der Waals surface area contributed by atoms with E-state index in [0.717, 1.165) is 11.3 Å². The fraction of sp³-hybridized carbons (Fsp3) is 0.381. The van der Waals surface area contributed by atoms with Gasteiger partial charge in [0.05, 0.1) is 6.54 Å². The van der Waals surface area contributed by atoms with Crippen molar-refractivity contribution in [2.24, 2.45) is 0 Å². The van der Waals surface area contributed by atoms with Crippen molar-refractivity contribution >= 4 is 11.7 Å². The number of benzene rings is 2. The predicted octanol–water partition coefficient (Wildman–Crippen LogP) is 5.42. The van der Waals surface area contributed by atoms with Gasteiger partial charge in [-0.3, -0.25) is 0 Å². The van der Waals surface area contributed by atoms with E-state index in [4.69, 9.17) is 0 Å². The first-order valence-corrected chi connectivity index (χ1v) is 9.13. The van der Waals surface area contributed by atoms with Gasteiger partial charge >= 0.3 is 6.03 Å². The van der Waals surface area contributed by atoms with E-state index in [0.29, 0.717) is 24.6 Å². The molecule has 0 atom stereocenters. The minimum absolute atomic E-state index is 0.180. The summed E-state index contributed by atoms with van der Waals surface area (Å²) in [4.78, 5) is 14.1. The van der Waals surface area contributed by atoms with Gasteiger partial charge in [-0.05, 0) is 48.1 Å². The number of hydrogen-bond donors (Lipinski definition) is 1. The lowest BCUT2D eigenvalue weighted by Crippen LogP contribution is -2.30. The van der Waals surface area contributed by atoms with Crippen molar-refractivity contribution in [1.29, 1.82) is 0 Å². The van der Waals surface area contributed by atoms with Gasteiger partial charge in [0.25, 0.3) is 0 Å². The van der Waals surface area contributed by atoms with Crippen molar-refractivity contribution in [3.63, 3.8) is 0 Å². The lowest BCUT2D eigenvalue weighted by atomic mass is 9.84. The molecule has 25 heavy (non-hydrogen) atoms. The van der Waals surface area contributed by atoms with Crippen LogP contribution in [0.4, 0.5) is 14.9 Å². The van der Waals surface area contributed by atoms with E-state index in [1.165, 1.54) is 43.7 Å². The summed E-state index contributed by atoms with van der Waals surface area (Å²) in [5, 5.41) is 2.93. The summed E-state index contributed by atoms with van der Waals surface area (Å²) in [6, 6.07) is 13.1. The molecule has 2 amide bonds. The topological polar surface area (TPSA) is 32.3 Å². The molecule has 2 aromatic carbocycles. The lowest BCUT2D eigenvalue weighted by molar-refractivity contribution is 0.212. The van der Waals surface area contributed by atoms with Crippen molar-refractivity contribution in [2.75, 3.05) is 5.32 Å². The number of fused-ring (bicyclic) bond motifs is 1. The Labute approximate surface area is 147 Å². The van der Waals surface area contributed by atoms with Crippen LogP contribution in [0.25, 0.3) is 0 Å². The van der Waals surface area contributed by atoms with E-state index in [1.54, 1.807) is 11.0 Å². The predicted molar refractivity (Wildman–Crippen MR) is 96.9 cm³/mol. The van der Waals surface area contributed by atoms with Crippen molar-refractivity contribution < 1.29 is 9.18 Å². The second-order valence-corrected chi connectivity index (χ2v) is 7.12. The molecule has 4 rings (SSSR count). The van der Waals surface area contributed by atoms with Gasteiger partial charge < -0.3 is 10.2 Å². The Morgan fingerprint density at radius 2 is 1.76 bits per heavy atom. The molecule has 1 N–H and O–H groups in total. The van der Waals surface area contributed by atoms with Gasteiger partial charge in [-0.2, -0.15) is 0 Å². The van der Waals surface area contributed by atoms with E-state index >= 15 is 0 Å². The SMILES string of the molecule is O=C(Nc1ccc(C2CCCCC2)cc1)N1Cc2cccc(F)c2C1. The van der Waals surface area contributed by atoms with Gasteiger partial charge in [0.1, 0.15) is 5.82 Å². The normalized spacial score (nSPS) is 17.4. The van der Waals surface area contributed by atoms with E-state index in [9.17, 15) is 9.18 Å². The highest BCUT2D eigenvalue weighted by Gasteiger charge is 2.25. The Hall–Kier alpha value is -2.36. The first kappa shape index (κ1) is 16.1. The largest absolute Gasteiger partial charge is 0.322 e. The highest BCUT2D eigenvalue weighted by Crippen LogP contribution is 2.33. The summed E-state index contributed by atoms with van der Waals surface area (Å²) >= 11 is 0. The number of nitrogens with zero attached hydrogens (tertiary/aromatic N) is 1. The number of carbonyl (C=O) groups is 1. The molecule has 2 aliphatic rings. The second kappa shape index (κ2) is 6.87. The van der Waals surface area contributed by atoms with Crippen LogP contribution >= 0.6 is 0 Å². The van der Waals surface area contributed by atoms with Crippen LogP contribution in [-0.4, -0.2) is 10.9 Å². The fourth-order valence-corrected chi connectivity index (χ4v) is 4.00. The molecule has 0 saturated heterocycles. The number of anilines is 1. The average Bonchev–Trinajstić information content (AvgIpc) is 3.09. The molecule has 1 heterocycles. The maximum atomic E-state index is 13.8. The molecule has 0 spiro atoms. The molecule has 1 fully saturated rings. The molecule has 4 heteroatoms. The van der Waals surface area contributed by atoms with Crippen molar-refractivity contribution in [3.8, 4) is 0 Å². The van der Waals surface area contributed by atoms with E-state index in [1.807, 2.05) is 18.2 Å². The number of rotatable bonds is 2.